The fourth-order valence-electron chi connectivity index (χ4n) is 3.34. The van der Waals surface area contributed by atoms with Gasteiger partial charge in [-0.15, -0.1) is 11.3 Å². The number of hydrogen-bond donors (Lipinski definition) is 1. The molecule has 28 heavy (non-hydrogen) atoms. The summed E-state index contributed by atoms with van der Waals surface area (Å²) in [4.78, 5) is 32.1. The molecule has 0 saturated carbocycles. The molecule has 4 rings (SSSR count). The van der Waals surface area contributed by atoms with Gasteiger partial charge in [0.15, 0.2) is 0 Å². The van der Waals surface area contributed by atoms with E-state index in [2.05, 4.69) is 10.3 Å². The van der Waals surface area contributed by atoms with Crippen molar-refractivity contribution in [3.05, 3.63) is 63.8 Å². The molecule has 1 atom stereocenters. The summed E-state index contributed by atoms with van der Waals surface area (Å²) >= 11 is 3.04. The molecule has 7 heteroatoms. The molecule has 2 aromatic heterocycles. The maximum Gasteiger partial charge on any atom is 0.271 e. The third-order valence-corrected chi connectivity index (χ3v) is 6.38. The minimum absolute atomic E-state index is 0.0111. The maximum absolute atomic E-state index is 13.0. The summed E-state index contributed by atoms with van der Waals surface area (Å²) in [5.41, 5.74) is 2.40. The maximum atomic E-state index is 13.0. The predicted molar refractivity (Wildman–Crippen MR) is 113 cm³/mol. The van der Waals surface area contributed by atoms with Gasteiger partial charge in [-0.1, -0.05) is 30.3 Å². The Hall–Kier alpha value is -2.51. The van der Waals surface area contributed by atoms with Crippen molar-refractivity contribution in [1.82, 2.24) is 15.2 Å². The fraction of sp³-hybridized carbons (Fsp3) is 0.286. The van der Waals surface area contributed by atoms with Crippen LogP contribution in [-0.4, -0.2) is 40.8 Å². The Labute approximate surface area is 172 Å². The smallest absolute Gasteiger partial charge is 0.271 e. The molecule has 3 heterocycles. The third kappa shape index (κ3) is 4.31. The number of aromatic nitrogens is 1. The predicted octanol–water partition coefficient (Wildman–Crippen LogP) is 3.84. The molecule has 1 unspecified atom stereocenters. The zero-order chi connectivity index (χ0) is 19.3. The lowest BCUT2D eigenvalue weighted by molar-refractivity contribution is -0.132. The fourth-order valence-corrected chi connectivity index (χ4v) is 4.85. The van der Waals surface area contributed by atoms with Crippen LogP contribution in [0.5, 0.6) is 0 Å². The van der Waals surface area contributed by atoms with E-state index in [0.29, 0.717) is 12.1 Å². The van der Waals surface area contributed by atoms with Gasteiger partial charge in [-0.3, -0.25) is 9.59 Å². The molecule has 1 fully saturated rings. The van der Waals surface area contributed by atoms with E-state index in [1.807, 2.05) is 52.1 Å². The van der Waals surface area contributed by atoms with E-state index in [1.165, 1.54) is 11.3 Å². The number of rotatable bonds is 6. The second kappa shape index (κ2) is 8.67. The number of thiazole rings is 1. The molecule has 144 valence electrons. The first-order valence-electron chi connectivity index (χ1n) is 9.32. The average Bonchev–Trinajstić information content (AvgIpc) is 3.49. The molecule has 1 aliphatic rings. The highest BCUT2D eigenvalue weighted by Crippen LogP contribution is 2.25. The number of thiophene rings is 1. The summed E-state index contributed by atoms with van der Waals surface area (Å²) in [7, 11) is 0. The molecule has 1 aromatic carbocycles. The zero-order valence-electron chi connectivity index (χ0n) is 15.3. The molecule has 0 radical (unpaired) electrons. The van der Waals surface area contributed by atoms with Gasteiger partial charge in [0.25, 0.3) is 5.91 Å². The molecule has 0 aliphatic carbocycles. The molecule has 3 aromatic rings. The summed E-state index contributed by atoms with van der Waals surface area (Å²) in [6, 6.07) is 11.2. The first-order valence-corrected chi connectivity index (χ1v) is 11.1. The lowest BCUT2D eigenvalue weighted by Gasteiger charge is -2.24. The summed E-state index contributed by atoms with van der Waals surface area (Å²) < 4.78 is 0. The topological polar surface area (TPSA) is 62.3 Å². The second-order valence-corrected chi connectivity index (χ2v) is 8.44. The molecular formula is C21H21N3O2S2. The normalized spacial score (nSPS) is 14.8. The largest absolute Gasteiger partial charge is 0.341 e. The minimum Gasteiger partial charge on any atom is -0.341 e. The molecule has 1 N–H and O–H groups in total. The minimum atomic E-state index is -0.584. The van der Waals surface area contributed by atoms with Crippen LogP contribution in [0.1, 0.15) is 28.9 Å². The van der Waals surface area contributed by atoms with E-state index in [-0.39, 0.29) is 11.8 Å². The molecule has 5 nitrogen and oxygen atoms in total. The highest BCUT2D eigenvalue weighted by atomic mass is 32.1. The molecule has 0 bridgehead atoms. The van der Waals surface area contributed by atoms with Gasteiger partial charge in [0.2, 0.25) is 5.91 Å². The highest BCUT2D eigenvalue weighted by molar-refractivity contribution is 7.14. The first-order chi connectivity index (χ1) is 13.7. The second-order valence-electron chi connectivity index (χ2n) is 6.80. The van der Waals surface area contributed by atoms with Gasteiger partial charge in [0.05, 0.1) is 0 Å². The van der Waals surface area contributed by atoms with E-state index < -0.39 is 6.04 Å². The monoisotopic (exact) mass is 411 g/mol. The molecule has 2 amide bonds. The van der Waals surface area contributed by atoms with E-state index >= 15 is 0 Å². The zero-order valence-corrected chi connectivity index (χ0v) is 17.0. The van der Waals surface area contributed by atoms with Gasteiger partial charge >= 0.3 is 0 Å². The van der Waals surface area contributed by atoms with Crippen molar-refractivity contribution in [3.63, 3.8) is 0 Å². The van der Waals surface area contributed by atoms with Crippen molar-refractivity contribution >= 4 is 34.5 Å². The van der Waals surface area contributed by atoms with Crippen LogP contribution >= 0.6 is 22.7 Å². The average molecular weight is 412 g/mol. The number of nitrogens with zero attached hydrogens (tertiary/aromatic N) is 2. The van der Waals surface area contributed by atoms with E-state index in [4.69, 9.17) is 0 Å². The van der Waals surface area contributed by atoms with Gasteiger partial charge in [0, 0.05) is 35.8 Å². The SMILES string of the molecule is O=C(NC(Cc1ccccc1)C(=O)N1CCCC1)c1csc(-c2ccsc2)n1. The van der Waals surface area contributed by atoms with Crippen LogP contribution < -0.4 is 5.32 Å². The Morgan fingerprint density at radius 3 is 2.61 bits per heavy atom. The molecule has 1 aliphatic heterocycles. The van der Waals surface area contributed by atoms with Gasteiger partial charge in [-0.25, -0.2) is 4.98 Å². The Morgan fingerprint density at radius 2 is 1.89 bits per heavy atom. The number of likely N-dealkylation sites (tertiary alicyclic amines) is 1. The standard InChI is InChI=1S/C21H21N3O2S2/c25-19(18-14-28-20(23-18)16-8-11-27-13-16)22-17(12-15-6-2-1-3-7-15)21(26)24-9-4-5-10-24/h1-3,6-8,11,13-14,17H,4-5,9-10,12H2,(H,22,25). The summed E-state index contributed by atoms with van der Waals surface area (Å²) in [5, 5.41) is 9.50. The Kier molecular flexibility index (Phi) is 5.83. The van der Waals surface area contributed by atoms with Crippen molar-refractivity contribution in [2.45, 2.75) is 25.3 Å². The number of carbonyl (C=O) groups excluding carboxylic acids is 2. The Bertz CT molecular complexity index is 932. The number of hydrogen-bond acceptors (Lipinski definition) is 5. The third-order valence-electron chi connectivity index (χ3n) is 4.81. The van der Waals surface area contributed by atoms with Gasteiger partial charge in [-0.2, -0.15) is 11.3 Å². The number of nitrogens with one attached hydrogen (secondary N) is 1. The van der Waals surface area contributed by atoms with E-state index in [9.17, 15) is 9.59 Å². The lowest BCUT2D eigenvalue weighted by Crippen LogP contribution is -2.49. The number of carbonyl (C=O) groups is 2. The van der Waals surface area contributed by atoms with Crippen LogP contribution in [0.4, 0.5) is 0 Å². The molecular weight excluding hydrogens is 390 g/mol. The highest BCUT2D eigenvalue weighted by Gasteiger charge is 2.29. The van der Waals surface area contributed by atoms with Crippen LogP contribution in [0, 0.1) is 0 Å². The van der Waals surface area contributed by atoms with Crippen LogP contribution in [0.3, 0.4) is 0 Å². The molecule has 0 spiro atoms. The van der Waals surface area contributed by atoms with Crippen molar-refractivity contribution in [2.75, 3.05) is 13.1 Å². The number of benzene rings is 1. The number of amides is 2. The first kappa shape index (κ1) is 18.8. The van der Waals surface area contributed by atoms with Crippen molar-refractivity contribution < 1.29 is 9.59 Å². The van der Waals surface area contributed by atoms with Gasteiger partial charge in [0.1, 0.15) is 16.7 Å². The lowest BCUT2D eigenvalue weighted by atomic mass is 10.0. The molecule has 1 saturated heterocycles. The van der Waals surface area contributed by atoms with Crippen LogP contribution in [-0.2, 0) is 11.2 Å². The Balaban J connectivity index is 1.51. The summed E-state index contributed by atoms with van der Waals surface area (Å²) in [6.45, 7) is 1.53. The van der Waals surface area contributed by atoms with Crippen molar-refractivity contribution in [2.24, 2.45) is 0 Å². The van der Waals surface area contributed by atoms with Crippen LogP contribution in [0.2, 0.25) is 0 Å². The van der Waals surface area contributed by atoms with Gasteiger partial charge in [-0.05, 0) is 29.9 Å². The van der Waals surface area contributed by atoms with E-state index in [1.54, 1.807) is 16.7 Å². The van der Waals surface area contributed by atoms with Gasteiger partial charge < -0.3 is 10.2 Å². The van der Waals surface area contributed by atoms with E-state index in [0.717, 1.165) is 42.1 Å². The Morgan fingerprint density at radius 1 is 1.11 bits per heavy atom. The van der Waals surface area contributed by atoms with Crippen LogP contribution in [0.25, 0.3) is 10.6 Å². The quantitative estimate of drug-likeness (QED) is 0.670. The van der Waals surface area contributed by atoms with Crippen molar-refractivity contribution in [1.29, 1.82) is 0 Å². The summed E-state index contributed by atoms with van der Waals surface area (Å²) in [5.74, 6) is -0.311. The van der Waals surface area contributed by atoms with Crippen molar-refractivity contribution in [3.8, 4) is 10.6 Å². The summed E-state index contributed by atoms with van der Waals surface area (Å²) in [6.07, 6.45) is 2.52. The van der Waals surface area contributed by atoms with Crippen LogP contribution in [0.15, 0.2) is 52.5 Å².